The molecule has 19 heavy (non-hydrogen) atoms. The zero-order valence-electron chi connectivity index (χ0n) is 10.3. The molecule has 0 saturated carbocycles. The third kappa shape index (κ3) is 3.55. The molecule has 6 heteroatoms. The molecule has 0 aromatic heterocycles. The Hall–Kier alpha value is -0.910. The van der Waals surface area contributed by atoms with E-state index in [9.17, 15) is 13.2 Å². The minimum atomic E-state index is -3.44. The quantitative estimate of drug-likeness (QED) is 0.799. The molecule has 1 fully saturated rings. The zero-order chi connectivity index (χ0) is 13.9. The summed E-state index contributed by atoms with van der Waals surface area (Å²) in [6.45, 7) is 0.869. The number of carbonyl (C=O) groups is 1. The van der Waals surface area contributed by atoms with E-state index in [1.807, 2.05) is 0 Å². The highest BCUT2D eigenvalue weighted by molar-refractivity contribution is 7.92. The standard InChI is InChI=1S/C13H15ClO4S/c14-12-4-2-1-3-11(12)13(15)9-19(16,17)10-5-7-18-8-6-10/h1-4,10H,5-9H2. The zero-order valence-corrected chi connectivity index (χ0v) is 11.9. The largest absolute Gasteiger partial charge is 0.381 e. The molecule has 0 spiro atoms. The van der Waals surface area contributed by atoms with Crippen molar-refractivity contribution in [2.75, 3.05) is 19.0 Å². The molecule has 1 aliphatic rings. The molecule has 0 bridgehead atoms. The summed E-state index contributed by atoms with van der Waals surface area (Å²) in [5.41, 5.74) is 0.264. The predicted molar refractivity (Wildman–Crippen MR) is 73.4 cm³/mol. The molecule has 1 aliphatic heterocycles. The van der Waals surface area contributed by atoms with Crippen molar-refractivity contribution in [2.24, 2.45) is 0 Å². The number of benzene rings is 1. The molecule has 0 amide bonds. The van der Waals surface area contributed by atoms with E-state index >= 15 is 0 Å². The molecule has 1 saturated heterocycles. The Morgan fingerprint density at radius 1 is 1.26 bits per heavy atom. The van der Waals surface area contributed by atoms with E-state index in [4.69, 9.17) is 16.3 Å². The summed E-state index contributed by atoms with van der Waals surface area (Å²) in [4.78, 5) is 12.0. The predicted octanol–water partition coefficient (Wildman–Crippen LogP) is 2.12. The maximum Gasteiger partial charge on any atom is 0.179 e. The van der Waals surface area contributed by atoms with Crippen molar-refractivity contribution in [3.8, 4) is 0 Å². The molecule has 1 aromatic rings. The van der Waals surface area contributed by atoms with Crippen LogP contribution in [0.15, 0.2) is 24.3 Å². The second kappa shape index (κ2) is 6.03. The summed E-state index contributed by atoms with van der Waals surface area (Å²) in [6, 6.07) is 6.49. The van der Waals surface area contributed by atoms with Gasteiger partial charge in [0.2, 0.25) is 0 Å². The van der Waals surface area contributed by atoms with E-state index in [0.29, 0.717) is 26.1 Å². The van der Waals surface area contributed by atoms with Crippen LogP contribution in [0.4, 0.5) is 0 Å². The van der Waals surface area contributed by atoms with Crippen molar-refractivity contribution in [1.82, 2.24) is 0 Å². The number of sulfone groups is 1. The summed E-state index contributed by atoms with van der Waals surface area (Å²) in [5.74, 6) is -0.932. The van der Waals surface area contributed by atoms with Crippen LogP contribution in [-0.2, 0) is 14.6 Å². The number of carbonyl (C=O) groups excluding carboxylic acids is 1. The number of halogens is 1. The van der Waals surface area contributed by atoms with Gasteiger partial charge in [-0.05, 0) is 25.0 Å². The molecule has 4 nitrogen and oxygen atoms in total. The Morgan fingerprint density at radius 3 is 2.53 bits per heavy atom. The highest BCUT2D eigenvalue weighted by atomic mass is 35.5. The van der Waals surface area contributed by atoms with Gasteiger partial charge in [-0.2, -0.15) is 0 Å². The van der Waals surface area contributed by atoms with Crippen LogP contribution in [0.25, 0.3) is 0 Å². The molecule has 0 aliphatic carbocycles. The van der Waals surface area contributed by atoms with Gasteiger partial charge in [-0.15, -0.1) is 0 Å². The molecule has 1 aromatic carbocycles. The Labute approximate surface area is 117 Å². The minimum Gasteiger partial charge on any atom is -0.381 e. The monoisotopic (exact) mass is 302 g/mol. The third-order valence-corrected chi connectivity index (χ3v) is 5.66. The first-order valence-corrected chi connectivity index (χ1v) is 8.17. The van der Waals surface area contributed by atoms with Crippen LogP contribution < -0.4 is 0 Å². The van der Waals surface area contributed by atoms with E-state index < -0.39 is 26.6 Å². The lowest BCUT2D eigenvalue weighted by Crippen LogP contribution is -2.33. The van der Waals surface area contributed by atoms with Gasteiger partial charge < -0.3 is 4.74 Å². The van der Waals surface area contributed by atoms with Gasteiger partial charge in [-0.25, -0.2) is 8.42 Å². The third-order valence-electron chi connectivity index (χ3n) is 3.18. The van der Waals surface area contributed by atoms with Gasteiger partial charge in [0.15, 0.2) is 15.6 Å². The molecule has 1 heterocycles. The van der Waals surface area contributed by atoms with Crippen molar-refractivity contribution in [3.05, 3.63) is 34.9 Å². The van der Waals surface area contributed by atoms with E-state index in [1.165, 1.54) is 0 Å². The summed E-state index contributed by atoms with van der Waals surface area (Å²) < 4.78 is 29.5. The number of hydrogen-bond donors (Lipinski definition) is 0. The molecular formula is C13H15ClO4S. The minimum absolute atomic E-state index is 0.264. The topological polar surface area (TPSA) is 60.4 Å². The normalized spacial score (nSPS) is 17.3. The van der Waals surface area contributed by atoms with Crippen molar-refractivity contribution in [3.63, 3.8) is 0 Å². The number of ether oxygens (including phenoxy) is 1. The van der Waals surface area contributed by atoms with Gasteiger partial charge in [-0.1, -0.05) is 23.7 Å². The molecule has 104 valence electrons. The van der Waals surface area contributed by atoms with E-state index in [2.05, 4.69) is 0 Å². The number of Topliss-reactive ketones (excluding diaryl/α,β-unsaturated/α-hetero) is 1. The van der Waals surface area contributed by atoms with Gasteiger partial charge in [0.25, 0.3) is 0 Å². The first kappa shape index (κ1) is 14.5. The SMILES string of the molecule is O=C(CS(=O)(=O)C1CCOCC1)c1ccccc1Cl. The smallest absolute Gasteiger partial charge is 0.179 e. The van der Waals surface area contributed by atoms with E-state index in [0.717, 1.165) is 0 Å². The van der Waals surface area contributed by atoms with Crippen LogP contribution in [0.1, 0.15) is 23.2 Å². The van der Waals surface area contributed by atoms with Gasteiger partial charge in [0.1, 0.15) is 5.75 Å². The van der Waals surface area contributed by atoms with Gasteiger partial charge in [0, 0.05) is 18.8 Å². The highest BCUT2D eigenvalue weighted by Gasteiger charge is 2.30. The maximum absolute atomic E-state index is 12.2. The van der Waals surface area contributed by atoms with Crippen LogP contribution in [0.5, 0.6) is 0 Å². The van der Waals surface area contributed by atoms with E-state index in [-0.39, 0.29) is 10.6 Å². The van der Waals surface area contributed by atoms with Gasteiger partial charge >= 0.3 is 0 Å². The van der Waals surface area contributed by atoms with Crippen LogP contribution >= 0.6 is 11.6 Å². The molecule has 2 rings (SSSR count). The van der Waals surface area contributed by atoms with Crippen molar-refractivity contribution < 1.29 is 17.9 Å². The summed E-state index contributed by atoms with van der Waals surface area (Å²) in [5, 5.41) is -0.192. The number of ketones is 1. The number of hydrogen-bond acceptors (Lipinski definition) is 4. The summed E-state index contributed by atoms with van der Waals surface area (Å²) in [7, 11) is -3.44. The Kier molecular flexibility index (Phi) is 4.60. The Morgan fingerprint density at radius 2 is 1.89 bits per heavy atom. The van der Waals surface area contributed by atoms with Crippen LogP contribution in [0.3, 0.4) is 0 Å². The van der Waals surface area contributed by atoms with Crippen molar-refractivity contribution >= 4 is 27.2 Å². The lowest BCUT2D eigenvalue weighted by molar-refractivity contribution is 0.0971. The van der Waals surface area contributed by atoms with E-state index in [1.54, 1.807) is 24.3 Å². The summed E-state index contributed by atoms with van der Waals surface area (Å²) in [6.07, 6.45) is 0.913. The lowest BCUT2D eigenvalue weighted by atomic mass is 10.1. The van der Waals surface area contributed by atoms with Crippen molar-refractivity contribution in [2.45, 2.75) is 18.1 Å². The molecular weight excluding hydrogens is 288 g/mol. The molecule has 0 N–H and O–H groups in total. The van der Waals surface area contributed by atoms with Gasteiger partial charge in [0.05, 0.1) is 10.3 Å². The Balaban J connectivity index is 2.12. The fourth-order valence-electron chi connectivity index (χ4n) is 2.10. The van der Waals surface area contributed by atoms with Crippen LogP contribution in [-0.4, -0.2) is 38.4 Å². The fourth-order valence-corrected chi connectivity index (χ4v) is 4.01. The van der Waals surface area contributed by atoms with Gasteiger partial charge in [-0.3, -0.25) is 4.79 Å². The maximum atomic E-state index is 12.2. The Bertz CT molecular complexity index is 562. The highest BCUT2D eigenvalue weighted by Crippen LogP contribution is 2.20. The average molecular weight is 303 g/mol. The van der Waals surface area contributed by atoms with Crippen LogP contribution in [0, 0.1) is 0 Å². The molecule has 0 radical (unpaired) electrons. The molecule has 0 unspecified atom stereocenters. The summed E-state index contributed by atoms with van der Waals surface area (Å²) >= 11 is 5.90. The van der Waals surface area contributed by atoms with Crippen molar-refractivity contribution in [1.29, 1.82) is 0 Å². The number of rotatable bonds is 4. The second-order valence-corrected chi connectivity index (χ2v) is 7.21. The fraction of sp³-hybridized carbons (Fsp3) is 0.462. The van der Waals surface area contributed by atoms with Crippen LogP contribution in [0.2, 0.25) is 5.02 Å². The average Bonchev–Trinajstić information content (AvgIpc) is 2.39. The molecule has 0 atom stereocenters. The second-order valence-electron chi connectivity index (χ2n) is 4.52. The first-order chi connectivity index (χ1) is 9.00. The first-order valence-electron chi connectivity index (χ1n) is 6.08. The lowest BCUT2D eigenvalue weighted by Gasteiger charge is -2.21.